The smallest absolute Gasteiger partial charge is 0.222 e. The largest absolute Gasteiger partial charge is 0.231 e. The summed E-state index contributed by atoms with van der Waals surface area (Å²) in [5.74, 6) is 0. The molecule has 19 heavy (non-hydrogen) atoms. The minimum Gasteiger partial charge on any atom is -0.222 e. The second-order valence-corrected chi connectivity index (χ2v) is 2.12. The Hall–Kier alpha value is -2.48. The molecular weight excluding hydrogens is 252 g/mol. The van der Waals surface area contributed by atoms with E-state index in [0.717, 1.165) is 24.3 Å². The molecule has 0 unspecified atom stereocenters. The van der Waals surface area contributed by atoms with Gasteiger partial charge in [0.05, 0.1) is 0 Å². The second-order valence-electron chi connectivity index (χ2n) is 2.12. The van der Waals surface area contributed by atoms with E-state index in [1.807, 2.05) is 0 Å². The zero-order valence-corrected chi connectivity index (χ0v) is 10.5. The molecule has 0 heterocycles. The minimum absolute atomic E-state index is 0. The molecule has 0 aromatic heterocycles. The summed E-state index contributed by atoms with van der Waals surface area (Å²) in [5.41, 5.74) is 0. The zero-order valence-electron chi connectivity index (χ0n) is 10.5. The van der Waals surface area contributed by atoms with Crippen LogP contribution in [0, 0.1) is 21.6 Å². The molecule has 8 nitrogen and oxygen atoms in total. The van der Waals surface area contributed by atoms with Crippen LogP contribution in [0.5, 0.6) is 0 Å². The highest BCUT2D eigenvalue weighted by Crippen LogP contribution is 1.95. The Labute approximate surface area is 113 Å². The third-order valence-corrected chi connectivity index (χ3v) is 0.957. The summed E-state index contributed by atoms with van der Waals surface area (Å²) in [7, 11) is 0. The van der Waals surface area contributed by atoms with Crippen molar-refractivity contribution in [1.29, 1.82) is 21.6 Å². The number of carbonyl (C=O) groups excluding carboxylic acids is 4. The van der Waals surface area contributed by atoms with Crippen LogP contribution in [-0.4, -0.2) is 24.3 Å². The van der Waals surface area contributed by atoms with Gasteiger partial charge in [-0.2, -0.15) is 0 Å². The van der Waals surface area contributed by atoms with Crippen molar-refractivity contribution in [3.8, 4) is 0 Å². The summed E-state index contributed by atoms with van der Waals surface area (Å²) < 4.78 is 0. The number of hydrogen-bond acceptors (Lipinski definition) is 8. The van der Waals surface area contributed by atoms with Gasteiger partial charge in [-0.15, -0.1) is 0 Å². The van der Waals surface area contributed by atoms with Crippen molar-refractivity contribution < 1.29 is 19.2 Å². The summed E-state index contributed by atoms with van der Waals surface area (Å²) in [4.78, 5) is 33.4. The van der Waals surface area contributed by atoms with E-state index in [9.17, 15) is 0 Å². The van der Waals surface area contributed by atoms with Gasteiger partial charge in [0.25, 0.3) is 0 Å². The Morgan fingerprint density at radius 2 is 0.737 bits per heavy atom. The van der Waals surface area contributed by atoms with Crippen LogP contribution in [0.2, 0.25) is 0 Å². The number of hydrogen-bond donors (Lipinski definition) is 4. The van der Waals surface area contributed by atoms with Crippen LogP contribution < -0.4 is 0 Å². The molecule has 0 aliphatic carbocycles. The number of nitrogens with one attached hydrogen (secondary N) is 4. The number of unbranched alkanes of at least 4 members (excludes halogenated alkanes) is 3. The van der Waals surface area contributed by atoms with Crippen molar-refractivity contribution in [2.75, 3.05) is 0 Å². The lowest BCUT2D eigenvalue weighted by Crippen LogP contribution is -1.66. The predicted octanol–water partition coefficient (Wildman–Crippen LogP) is 2.83. The molecule has 0 atom stereocenters. The maximum Gasteiger partial charge on any atom is 0.231 e. The highest BCUT2D eigenvalue weighted by Gasteiger charge is 1.75. The molecule has 0 aromatic rings. The van der Waals surface area contributed by atoms with Crippen LogP contribution in [0.1, 0.15) is 47.0 Å². The SMILES string of the molecule is C.CCCCCC.N=C=O.N=C=O.N=C=O.N=C=O. The molecule has 0 aliphatic heterocycles. The van der Waals surface area contributed by atoms with E-state index in [1.165, 1.54) is 25.7 Å². The molecule has 4 N–H and O–H groups in total. The van der Waals surface area contributed by atoms with Gasteiger partial charge in [-0.05, 0) is 0 Å². The summed E-state index contributed by atoms with van der Waals surface area (Å²) in [6.07, 6.45) is 8.54. The van der Waals surface area contributed by atoms with Crippen LogP contribution in [0.4, 0.5) is 0 Å². The van der Waals surface area contributed by atoms with E-state index in [0.29, 0.717) is 0 Å². The lowest BCUT2D eigenvalue weighted by atomic mass is 10.2. The van der Waals surface area contributed by atoms with Crippen molar-refractivity contribution in [3.63, 3.8) is 0 Å². The molecule has 0 saturated carbocycles. The summed E-state index contributed by atoms with van der Waals surface area (Å²) >= 11 is 0. The quantitative estimate of drug-likeness (QED) is 0.353. The third kappa shape index (κ3) is 10500. The van der Waals surface area contributed by atoms with Gasteiger partial charge in [0.2, 0.25) is 24.3 Å². The zero-order chi connectivity index (χ0) is 15.7. The van der Waals surface area contributed by atoms with Gasteiger partial charge in [0, 0.05) is 0 Å². The highest BCUT2D eigenvalue weighted by molar-refractivity contribution is 5.26. The van der Waals surface area contributed by atoms with Gasteiger partial charge >= 0.3 is 0 Å². The molecule has 0 aliphatic rings. The minimum atomic E-state index is 0. The van der Waals surface area contributed by atoms with Gasteiger partial charge in [-0.3, -0.25) is 0 Å². The standard InChI is InChI=1S/C6H14.4CHNO.CH4/c1-3-5-6-4-2;4*2-1-3;/h3-6H2,1-2H3;4*2H;1H4. The Kier molecular flexibility index (Phi) is 203. The fourth-order valence-corrected chi connectivity index (χ4v) is 0.500. The van der Waals surface area contributed by atoms with E-state index in [1.54, 1.807) is 0 Å². The van der Waals surface area contributed by atoms with Crippen molar-refractivity contribution in [1.82, 2.24) is 0 Å². The van der Waals surface area contributed by atoms with Crippen LogP contribution in [0.15, 0.2) is 0 Å². The summed E-state index contributed by atoms with van der Waals surface area (Å²) in [6.45, 7) is 4.46. The Balaban J connectivity index is -0.0000000287. The fraction of sp³-hybridized carbons (Fsp3) is 0.636. The Morgan fingerprint density at radius 1 is 0.632 bits per heavy atom. The maximum atomic E-state index is 8.35. The molecule has 0 aromatic carbocycles. The predicted molar refractivity (Wildman–Crippen MR) is 70.2 cm³/mol. The molecule has 0 bridgehead atoms. The van der Waals surface area contributed by atoms with Crippen LogP contribution in [0.3, 0.4) is 0 Å². The first-order chi connectivity index (χ1) is 8.57. The fourth-order valence-electron chi connectivity index (χ4n) is 0.500. The average Bonchev–Trinajstić information content (AvgIpc) is 2.30. The summed E-state index contributed by atoms with van der Waals surface area (Å²) in [6, 6.07) is 0. The van der Waals surface area contributed by atoms with Gasteiger partial charge in [-0.1, -0.05) is 47.0 Å². The van der Waals surface area contributed by atoms with E-state index in [-0.39, 0.29) is 7.43 Å². The number of rotatable bonds is 3. The van der Waals surface area contributed by atoms with E-state index < -0.39 is 0 Å². The third-order valence-electron chi connectivity index (χ3n) is 0.957. The molecule has 0 rings (SSSR count). The summed E-state index contributed by atoms with van der Waals surface area (Å²) in [5, 5.41) is 21.6. The monoisotopic (exact) mass is 274 g/mol. The number of isocyanates is 4. The van der Waals surface area contributed by atoms with E-state index >= 15 is 0 Å². The van der Waals surface area contributed by atoms with Crippen molar-refractivity contribution >= 4 is 24.3 Å². The first kappa shape index (κ1) is 36.0. The lowest BCUT2D eigenvalue weighted by molar-refractivity contribution is 0.562. The van der Waals surface area contributed by atoms with Gasteiger partial charge in [0.15, 0.2) is 0 Å². The first-order valence-corrected chi connectivity index (χ1v) is 4.73. The second kappa shape index (κ2) is 107. The molecule has 0 saturated heterocycles. The first-order valence-electron chi connectivity index (χ1n) is 4.73. The van der Waals surface area contributed by atoms with Crippen LogP contribution in [0.25, 0.3) is 0 Å². The average molecular weight is 274 g/mol. The normalized spacial score (nSPS) is 4.53. The van der Waals surface area contributed by atoms with Gasteiger partial charge < -0.3 is 0 Å². The van der Waals surface area contributed by atoms with Crippen LogP contribution in [-0.2, 0) is 19.2 Å². The Bertz CT molecular complexity index is 204. The molecule has 0 amide bonds. The molecule has 0 radical (unpaired) electrons. The van der Waals surface area contributed by atoms with Gasteiger partial charge in [0.1, 0.15) is 0 Å². The topological polar surface area (TPSA) is 164 Å². The Morgan fingerprint density at radius 3 is 0.789 bits per heavy atom. The van der Waals surface area contributed by atoms with Crippen molar-refractivity contribution in [2.45, 2.75) is 47.0 Å². The van der Waals surface area contributed by atoms with Gasteiger partial charge in [-0.25, -0.2) is 40.8 Å². The molecular formula is C11H22N4O4. The molecule has 0 fully saturated rings. The van der Waals surface area contributed by atoms with Crippen molar-refractivity contribution in [3.05, 3.63) is 0 Å². The molecule has 0 spiro atoms. The molecule has 8 heteroatoms. The molecule has 110 valence electrons. The van der Waals surface area contributed by atoms with E-state index in [2.05, 4.69) is 13.8 Å². The van der Waals surface area contributed by atoms with Crippen molar-refractivity contribution in [2.24, 2.45) is 0 Å². The van der Waals surface area contributed by atoms with Crippen LogP contribution >= 0.6 is 0 Å². The highest BCUT2D eigenvalue weighted by atomic mass is 16.1. The maximum absolute atomic E-state index is 8.35. The lowest BCUT2D eigenvalue weighted by Gasteiger charge is -1.86. The van der Waals surface area contributed by atoms with E-state index in [4.69, 9.17) is 40.8 Å².